The number of esters is 1. The zero-order chi connectivity index (χ0) is 23.9. The second kappa shape index (κ2) is 10.9. The maximum atomic E-state index is 12.6. The summed E-state index contributed by atoms with van der Waals surface area (Å²) in [7, 11) is -3.92. The third-order valence-corrected chi connectivity index (χ3v) is 6.12. The number of sulfone groups is 1. The molecule has 2 aromatic carbocycles. The van der Waals surface area contributed by atoms with Gasteiger partial charge >= 0.3 is 12.1 Å². The molecule has 0 saturated heterocycles. The highest BCUT2D eigenvalue weighted by molar-refractivity contribution is 7.91. The number of hydrogen-bond donors (Lipinski definition) is 2. The third kappa shape index (κ3) is 7.92. The van der Waals surface area contributed by atoms with E-state index in [9.17, 15) is 31.5 Å². The Morgan fingerprint density at radius 2 is 1.75 bits per heavy atom. The van der Waals surface area contributed by atoms with Gasteiger partial charge in [-0.25, -0.2) is 8.42 Å². The van der Waals surface area contributed by atoms with Crippen LogP contribution in [-0.2, 0) is 25.5 Å². The van der Waals surface area contributed by atoms with Crippen LogP contribution in [0.2, 0.25) is 0 Å². The van der Waals surface area contributed by atoms with E-state index in [-0.39, 0.29) is 34.5 Å². The largest absolute Gasteiger partial charge is 0.491 e. The average molecular weight is 495 g/mol. The van der Waals surface area contributed by atoms with Gasteiger partial charge in [-0.1, -0.05) is 0 Å². The molecule has 0 spiro atoms. The highest BCUT2D eigenvalue weighted by atomic mass is 32.2. The number of rotatable bonds is 10. The summed E-state index contributed by atoms with van der Waals surface area (Å²) in [6, 6.07) is 7.72. The van der Waals surface area contributed by atoms with E-state index in [0.717, 1.165) is 24.3 Å². The standard InChI is InChI=1S/C20H21F3O7S2/c1-13(24)28-8-9-29-18-7-6-17(10-19(18)31)32(26,27)12-15(25)11-30-16-4-2-14(3-5-16)20(21,22)23/h2-7,10,15,25,31H,8-9,11-12H2,1H3/t15-/m0/s1. The summed E-state index contributed by atoms with van der Waals surface area (Å²) in [5, 5.41) is 10.0. The van der Waals surface area contributed by atoms with Crippen LogP contribution in [0.1, 0.15) is 12.5 Å². The number of aliphatic hydroxyl groups excluding tert-OH is 1. The van der Waals surface area contributed by atoms with Crippen molar-refractivity contribution >= 4 is 28.4 Å². The lowest BCUT2D eigenvalue weighted by molar-refractivity contribution is -0.141. The summed E-state index contributed by atoms with van der Waals surface area (Å²) in [6.45, 7) is 0.898. The third-order valence-electron chi connectivity index (χ3n) is 3.97. The molecule has 1 N–H and O–H groups in total. The second-order valence-corrected chi connectivity index (χ2v) is 9.10. The van der Waals surface area contributed by atoms with Crippen LogP contribution in [0, 0.1) is 0 Å². The summed E-state index contributed by atoms with van der Waals surface area (Å²) in [5.41, 5.74) is -0.852. The first-order valence-electron chi connectivity index (χ1n) is 9.18. The molecule has 0 radical (unpaired) electrons. The van der Waals surface area contributed by atoms with E-state index in [0.29, 0.717) is 0 Å². The number of halogens is 3. The van der Waals surface area contributed by atoms with E-state index in [1.165, 1.54) is 25.1 Å². The van der Waals surface area contributed by atoms with Crippen molar-refractivity contribution in [2.45, 2.75) is 29.0 Å². The van der Waals surface area contributed by atoms with Gasteiger partial charge < -0.3 is 19.3 Å². The van der Waals surface area contributed by atoms with Crippen molar-refractivity contribution in [3.63, 3.8) is 0 Å². The molecule has 0 saturated carbocycles. The van der Waals surface area contributed by atoms with Crippen LogP contribution in [-0.4, -0.2) is 51.2 Å². The fourth-order valence-corrected chi connectivity index (χ4v) is 4.21. The van der Waals surface area contributed by atoms with Gasteiger partial charge in [0, 0.05) is 11.8 Å². The lowest BCUT2D eigenvalue weighted by atomic mass is 10.2. The van der Waals surface area contributed by atoms with Crippen molar-refractivity contribution in [3.8, 4) is 11.5 Å². The summed E-state index contributed by atoms with van der Waals surface area (Å²) < 4.78 is 78.0. The molecule has 0 aliphatic carbocycles. The molecule has 0 amide bonds. The molecule has 0 bridgehead atoms. The minimum absolute atomic E-state index is 0.0216. The first-order chi connectivity index (χ1) is 14.9. The molecule has 0 aliphatic rings. The zero-order valence-electron chi connectivity index (χ0n) is 16.8. The Bertz CT molecular complexity index is 1020. The van der Waals surface area contributed by atoms with Crippen LogP contribution in [0.15, 0.2) is 52.3 Å². The Labute approximate surface area is 188 Å². The van der Waals surface area contributed by atoms with Crippen molar-refractivity contribution in [2.75, 3.05) is 25.6 Å². The lowest BCUT2D eigenvalue weighted by Crippen LogP contribution is -2.27. The number of benzene rings is 2. The molecule has 2 rings (SSSR count). The number of alkyl halides is 3. The Kier molecular flexibility index (Phi) is 8.81. The van der Waals surface area contributed by atoms with Crippen molar-refractivity contribution in [1.29, 1.82) is 0 Å². The van der Waals surface area contributed by atoms with Gasteiger partial charge in [0.1, 0.15) is 37.4 Å². The summed E-state index contributed by atoms with van der Waals surface area (Å²) >= 11 is 4.19. The van der Waals surface area contributed by atoms with Crippen LogP contribution < -0.4 is 9.47 Å². The fraction of sp³-hybridized carbons (Fsp3) is 0.350. The Hall–Kier alpha value is -2.44. The van der Waals surface area contributed by atoms with Crippen molar-refractivity contribution in [3.05, 3.63) is 48.0 Å². The monoisotopic (exact) mass is 494 g/mol. The number of ether oxygens (including phenoxy) is 3. The molecule has 0 aromatic heterocycles. The van der Waals surface area contributed by atoms with E-state index in [2.05, 4.69) is 12.6 Å². The number of hydrogen-bond acceptors (Lipinski definition) is 8. The Morgan fingerprint density at radius 1 is 1.09 bits per heavy atom. The highest BCUT2D eigenvalue weighted by Gasteiger charge is 2.30. The molecule has 12 heteroatoms. The minimum Gasteiger partial charge on any atom is -0.491 e. The first kappa shape index (κ1) is 25.8. The Balaban J connectivity index is 1.92. The molecular formula is C20H21F3O7S2. The normalized spacial score (nSPS) is 12.8. The molecule has 0 fully saturated rings. The molecule has 1 atom stereocenters. The molecular weight excluding hydrogens is 473 g/mol. The highest BCUT2D eigenvalue weighted by Crippen LogP contribution is 2.30. The van der Waals surface area contributed by atoms with Gasteiger partial charge in [0.25, 0.3) is 0 Å². The number of carbonyl (C=O) groups excluding carboxylic acids is 1. The van der Waals surface area contributed by atoms with E-state index >= 15 is 0 Å². The second-order valence-electron chi connectivity index (χ2n) is 6.59. The van der Waals surface area contributed by atoms with E-state index < -0.39 is 46.0 Å². The number of carbonyl (C=O) groups is 1. The number of aliphatic hydroxyl groups is 1. The minimum atomic E-state index is -4.49. The predicted octanol–water partition coefficient (Wildman–Crippen LogP) is 3.15. The zero-order valence-corrected chi connectivity index (χ0v) is 18.5. The molecule has 0 unspecified atom stereocenters. The van der Waals surface area contributed by atoms with Crippen molar-refractivity contribution in [2.24, 2.45) is 0 Å². The topological polar surface area (TPSA) is 99.1 Å². The molecule has 2 aromatic rings. The van der Waals surface area contributed by atoms with Gasteiger partial charge in [-0.05, 0) is 42.5 Å². The Morgan fingerprint density at radius 3 is 2.31 bits per heavy atom. The maximum absolute atomic E-state index is 12.6. The predicted molar refractivity (Wildman–Crippen MR) is 111 cm³/mol. The van der Waals surface area contributed by atoms with E-state index in [1.807, 2.05) is 0 Å². The van der Waals surface area contributed by atoms with Gasteiger partial charge in [-0.3, -0.25) is 4.79 Å². The van der Waals surface area contributed by atoms with Gasteiger partial charge in [-0.2, -0.15) is 13.2 Å². The molecule has 176 valence electrons. The quantitative estimate of drug-likeness (QED) is 0.297. The van der Waals surface area contributed by atoms with Crippen LogP contribution in [0.25, 0.3) is 0 Å². The van der Waals surface area contributed by atoms with Crippen LogP contribution in [0.3, 0.4) is 0 Å². The molecule has 7 nitrogen and oxygen atoms in total. The smallest absolute Gasteiger partial charge is 0.416 e. The fourth-order valence-electron chi connectivity index (χ4n) is 2.48. The van der Waals surface area contributed by atoms with Crippen molar-refractivity contribution < 1.29 is 45.7 Å². The maximum Gasteiger partial charge on any atom is 0.416 e. The van der Waals surface area contributed by atoms with Gasteiger partial charge in [0.05, 0.1) is 16.2 Å². The lowest BCUT2D eigenvalue weighted by Gasteiger charge is -2.14. The van der Waals surface area contributed by atoms with Gasteiger partial charge in [-0.15, -0.1) is 12.6 Å². The SMILES string of the molecule is CC(=O)OCCOc1ccc(S(=O)(=O)C[C@@H](O)COc2ccc(C(F)(F)F)cc2)cc1S. The van der Waals surface area contributed by atoms with Gasteiger partial charge in [0.2, 0.25) is 0 Å². The number of thiol groups is 1. The summed E-state index contributed by atoms with van der Waals surface area (Å²) in [6.07, 6.45) is -5.91. The van der Waals surface area contributed by atoms with Gasteiger partial charge in [0.15, 0.2) is 9.84 Å². The molecule has 0 aliphatic heterocycles. The summed E-state index contributed by atoms with van der Waals surface area (Å²) in [4.78, 5) is 10.8. The summed E-state index contributed by atoms with van der Waals surface area (Å²) in [5.74, 6) is -0.789. The van der Waals surface area contributed by atoms with Crippen LogP contribution in [0.4, 0.5) is 13.2 Å². The van der Waals surface area contributed by atoms with Crippen molar-refractivity contribution in [1.82, 2.24) is 0 Å². The molecule has 32 heavy (non-hydrogen) atoms. The van der Waals surface area contributed by atoms with Crippen LogP contribution >= 0.6 is 12.6 Å². The average Bonchev–Trinajstić information content (AvgIpc) is 2.69. The first-order valence-corrected chi connectivity index (χ1v) is 11.3. The van der Waals surface area contributed by atoms with E-state index in [1.54, 1.807) is 0 Å². The van der Waals surface area contributed by atoms with Crippen LogP contribution in [0.5, 0.6) is 11.5 Å². The van der Waals surface area contributed by atoms with E-state index in [4.69, 9.17) is 14.2 Å². The molecule has 0 heterocycles.